The van der Waals surface area contributed by atoms with Gasteiger partial charge in [-0.05, 0) is 55.3 Å². The van der Waals surface area contributed by atoms with E-state index in [1.165, 1.54) is 6.42 Å². The maximum Gasteiger partial charge on any atom is 0.255 e. The van der Waals surface area contributed by atoms with E-state index in [0.29, 0.717) is 11.3 Å². The predicted octanol–water partition coefficient (Wildman–Crippen LogP) is 4.57. The molecule has 0 saturated heterocycles. The summed E-state index contributed by atoms with van der Waals surface area (Å²) >= 11 is 0. The molecular weight excluding hydrogens is 350 g/mol. The Bertz CT molecular complexity index is 813. The fourth-order valence-electron chi connectivity index (χ4n) is 3.58. The quantitative estimate of drug-likeness (QED) is 0.660. The van der Waals surface area contributed by atoms with Crippen molar-refractivity contribution in [1.29, 1.82) is 0 Å². The first kappa shape index (κ1) is 20.1. The van der Waals surface area contributed by atoms with E-state index in [9.17, 15) is 9.59 Å². The molecule has 2 aromatic rings. The number of amides is 2. The van der Waals surface area contributed by atoms with Crippen molar-refractivity contribution in [2.75, 3.05) is 17.2 Å². The number of anilines is 2. The Balaban J connectivity index is 1.62. The third-order valence-corrected chi connectivity index (χ3v) is 5.13. The first-order chi connectivity index (χ1) is 13.7. The molecule has 1 aliphatic carbocycles. The van der Waals surface area contributed by atoms with Gasteiger partial charge in [0.1, 0.15) is 0 Å². The number of hydrogen-bond acceptors (Lipinski definition) is 3. The normalized spacial score (nSPS) is 14.5. The molecule has 0 aliphatic heterocycles. The van der Waals surface area contributed by atoms with Gasteiger partial charge in [-0.3, -0.25) is 9.59 Å². The van der Waals surface area contributed by atoms with Crippen LogP contribution in [0.5, 0.6) is 0 Å². The lowest BCUT2D eigenvalue weighted by Crippen LogP contribution is -2.24. The Morgan fingerprint density at radius 2 is 1.64 bits per heavy atom. The minimum absolute atomic E-state index is 0.0633. The predicted molar refractivity (Wildman–Crippen MR) is 113 cm³/mol. The topological polar surface area (TPSA) is 70.2 Å². The molecule has 5 nitrogen and oxygen atoms in total. The zero-order valence-electron chi connectivity index (χ0n) is 16.5. The molecular formula is C23H29N3O2. The van der Waals surface area contributed by atoms with Crippen molar-refractivity contribution < 1.29 is 9.59 Å². The monoisotopic (exact) mass is 379 g/mol. The molecule has 1 fully saturated rings. The van der Waals surface area contributed by atoms with Gasteiger partial charge in [-0.25, -0.2) is 0 Å². The second-order valence-corrected chi connectivity index (χ2v) is 7.34. The highest BCUT2D eigenvalue weighted by Gasteiger charge is 2.21. The summed E-state index contributed by atoms with van der Waals surface area (Å²) in [5.74, 6) is -0.0338. The SMILES string of the molecule is CCNCc1cccc(NC(=O)c2cccc(NC(=O)C3CCCCC3)c2)c1. The summed E-state index contributed by atoms with van der Waals surface area (Å²) in [4.78, 5) is 25.1. The number of benzene rings is 2. The van der Waals surface area contributed by atoms with Gasteiger partial charge in [-0.2, -0.15) is 0 Å². The van der Waals surface area contributed by atoms with Crippen molar-refractivity contribution in [2.45, 2.75) is 45.6 Å². The van der Waals surface area contributed by atoms with Crippen molar-refractivity contribution in [3.63, 3.8) is 0 Å². The molecule has 0 radical (unpaired) electrons. The summed E-state index contributed by atoms with van der Waals surface area (Å²) < 4.78 is 0. The fraction of sp³-hybridized carbons (Fsp3) is 0.391. The van der Waals surface area contributed by atoms with E-state index >= 15 is 0 Å². The lowest BCUT2D eigenvalue weighted by Gasteiger charge is -2.20. The Morgan fingerprint density at radius 3 is 2.39 bits per heavy atom. The van der Waals surface area contributed by atoms with Crippen molar-refractivity contribution in [3.8, 4) is 0 Å². The highest BCUT2D eigenvalue weighted by Crippen LogP contribution is 2.25. The van der Waals surface area contributed by atoms with Gasteiger partial charge in [0.15, 0.2) is 0 Å². The minimum atomic E-state index is -0.186. The second kappa shape index (κ2) is 10.0. The molecule has 3 rings (SSSR count). The Hall–Kier alpha value is -2.66. The molecule has 148 valence electrons. The zero-order valence-corrected chi connectivity index (χ0v) is 16.5. The summed E-state index contributed by atoms with van der Waals surface area (Å²) in [5.41, 5.74) is 3.08. The van der Waals surface area contributed by atoms with E-state index in [2.05, 4.69) is 22.9 Å². The van der Waals surface area contributed by atoms with Crippen LogP contribution in [0, 0.1) is 5.92 Å². The van der Waals surface area contributed by atoms with Gasteiger partial charge >= 0.3 is 0 Å². The molecule has 0 aromatic heterocycles. The second-order valence-electron chi connectivity index (χ2n) is 7.34. The molecule has 0 spiro atoms. The van der Waals surface area contributed by atoms with Crippen LogP contribution in [0.3, 0.4) is 0 Å². The van der Waals surface area contributed by atoms with Crippen molar-refractivity contribution in [2.24, 2.45) is 5.92 Å². The molecule has 1 aliphatic rings. The third kappa shape index (κ3) is 5.67. The Kier molecular flexibility index (Phi) is 7.20. The maximum absolute atomic E-state index is 12.6. The molecule has 5 heteroatoms. The van der Waals surface area contributed by atoms with Crippen molar-refractivity contribution in [1.82, 2.24) is 5.32 Å². The van der Waals surface area contributed by atoms with E-state index in [0.717, 1.165) is 50.0 Å². The standard InChI is InChI=1S/C23H29N3O2/c1-2-24-16-17-8-6-12-20(14-17)25-23(28)19-11-7-13-21(15-19)26-22(27)18-9-4-3-5-10-18/h6-8,11-15,18,24H,2-5,9-10,16H2,1H3,(H,25,28)(H,26,27). The summed E-state index contributed by atoms with van der Waals surface area (Å²) in [6.45, 7) is 3.73. The number of carbonyl (C=O) groups is 2. The largest absolute Gasteiger partial charge is 0.326 e. The van der Waals surface area contributed by atoms with Crippen LogP contribution in [0.1, 0.15) is 54.9 Å². The Labute approximate surface area is 166 Å². The minimum Gasteiger partial charge on any atom is -0.326 e. The molecule has 3 N–H and O–H groups in total. The van der Waals surface area contributed by atoms with E-state index < -0.39 is 0 Å². The van der Waals surface area contributed by atoms with Crippen LogP contribution in [-0.4, -0.2) is 18.4 Å². The summed E-state index contributed by atoms with van der Waals surface area (Å²) in [6, 6.07) is 14.9. The molecule has 28 heavy (non-hydrogen) atoms. The van der Waals surface area contributed by atoms with Crippen LogP contribution in [0.15, 0.2) is 48.5 Å². The van der Waals surface area contributed by atoms with Crippen LogP contribution < -0.4 is 16.0 Å². The molecule has 1 saturated carbocycles. The highest BCUT2D eigenvalue weighted by atomic mass is 16.2. The van der Waals surface area contributed by atoms with Crippen LogP contribution in [0.4, 0.5) is 11.4 Å². The molecule has 0 heterocycles. The van der Waals surface area contributed by atoms with Gasteiger partial charge in [0, 0.05) is 29.4 Å². The van der Waals surface area contributed by atoms with Crippen LogP contribution >= 0.6 is 0 Å². The molecule has 0 bridgehead atoms. The summed E-state index contributed by atoms with van der Waals surface area (Å²) in [7, 11) is 0. The van der Waals surface area contributed by atoms with E-state index in [1.807, 2.05) is 30.3 Å². The summed E-state index contributed by atoms with van der Waals surface area (Å²) in [5, 5.41) is 9.19. The lowest BCUT2D eigenvalue weighted by atomic mass is 9.88. The third-order valence-electron chi connectivity index (χ3n) is 5.13. The average Bonchev–Trinajstić information content (AvgIpc) is 2.73. The molecule has 0 unspecified atom stereocenters. The first-order valence-electron chi connectivity index (χ1n) is 10.2. The number of nitrogens with one attached hydrogen (secondary N) is 3. The van der Waals surface area contributed by atoms with Crippen LogP contribution in [0.2, 0.25) is 0 Å². The van der Waals surface area contributed by atoms with E-state index in [4.69, 9.17) is 0 Å². The lowest BCUT2D eigenvalue weighted by molar-refractivity contribution is -0.120. The van der Waals surface area contributed by atoms with Gasteiger partial charge in [0.25, 0.3) is 5.91 Å². The van der Waals surface area contributed by atoms with Crippen molar-refractivity contribution >= 4 is 23.2 Å². The van der Waals surface area contributed by atoms with E-state index in [1.54, 1.807) is 18.2 Å². The number of rotatable bonds is 7. The smallest absolute Gasteiger partial charge is 0.255 e. The van der Waals surface area contributed by atoms with Gasteiger partial charge in [0.05, 0.1) is 0 Å². The Morgan fingerprint density at radius 1 is 0.929 bits per heavy atom. The molecule has 0 atom stereocenters. The van der Waals surface area contributed by atoms with Crippen molar-refractivity contribution in [3.05, 3.63) is 59.7 Å². The number of carbonyl (C=O) groups excluding carboxylic acids is 2. The summed E-state index contributed by atoms with van der Waals surface area (Å²) in [6.07, 6.45) is 5.36. The first-order valence-corrected chi connectivity index (χ1v) is 10.2. The van der Waals surface area contributed by atoms with Crippen LogP contribution in [0.25, 0.3) is 0 Å². The molecule has 2 amide bonds. The maximum atomic E-state index is 12.6. The zero-order chi connectivity index (χ0) is 19.8. The van der Waals surface area contributed by atoms with E-state index in [-0.39, 0.29) is 17.7 Å². The highest BCUT2D eigenvalue weighted by molar-refractivity contribution is 6.05. The molecule has 2 aromatic carbocycles. The van der Waals surface area contributed by atoms with Gasteiger partial charge in [-0.15, -0.1) is 0 Å². The van der Waals surface area contributed by atoms with Gasteiger partial charge in [0.2, 0.25) is 5.91 Å². The van der Waals surface area contributed by atoms with Gasteiger partial charge in [-0.1, -0.05) is 44.4 Å². The average molecular weight is 380 g/mol. The van der Waals surface area contributed by atoms with Crippen LogP contribution in [-0.2, 0) is 11.3 Å². The fourth-order valence-corrected chi connectivity index (χ4v) is 3.58. The van der Waals surface area contributed by atoms with Gasteiger partial charge < -0.3 is 16.0 Å². The number of hydrogen-bond donors (Lipinski definition) is 3.